The van der Waals surface area contributed by atoms with Gasteiger partial charge >= 0.3 is 12.0 Å². The molecule has 0 aromatic heterocycles. The highest BCUT2D eigenvalue weighted by Gasteiger charge is 2.19. The van der Waals surface area contributed by atoms with Crippen LogP contribution in [-0.2, 0) is 4.79 Å². The lowest BCUT2D eigenvalue weighted by Gasteiger charge is -2.13. The summed E-state index contributed by atoms with van der Waals surface area (Å²) in [6.07, 6.45) is 0.0944. The maximum atomic E-state index is 13.2. The molecule has 0 bridgehead atoms. The van der Waals surface area contributed by atoms with Gasteiger partial charge in [-0.05, 0) is 6.42 Å². The van der Waals surface area contributed by atoms with Gasteiger partial charge in [-0.25, -0.2) is 22.8 Å². The summed E-state index contributed by atoms with van der Waals surface area (Å²) in [4.78, 5) is 22.0. The molecule has 8 heteroatoms. The van der Waals surface area contributed by atoms with Crippen molar-refractivity contribution in [2.75, 3.05) is 5.32 Å². The number of hydrogen-bond acceptors (Lipinski definition) is 2. The van der Waals surface area contributed by atoms with Crippen molar-refractivity contribution in [3.63, 3.8) is 0 Å². The van der Waals surface area contributed by atoms with Gasteiger partial charge in [-0.3, -0.25) is 0 Å². The van der Waals surface area contributed by atoms with Crippen molar-refractivity contribution in [2.45, 2.75) is 19.4 Å². The van der Waals surface area contributed by atoms with Gasteiger partial charge in [-0.1, -0.05) is 6.92 Å². The highest BCUT2D eigenvalue weighted by molar-refractivity contribution is 5.92. The van der Waals surface area contributed by atoms with Crippen LogP contribution in [0.15, 0.2) is 12.1 Å². The molecule has 0 unspecified atom stereocenters. The van der Waals surface area contributed by atoms with Crippen LogP contribution in [0.3, 0.4) is 0 Å². The zero-order chi connectivity index (χ0) is 14.6. The van der Waals surface area contributed by atoms with Crippen LogP contribution in [0.1, 0.15) is 13.3 Å². The lowest BCUT2D eigenvalue weighted by atomic mass is 10.2. The molecule has 5 nitrogen and oxygen atoms in total. The molecular weight excluding hydrogens is 265 g/mol. The third-order valence-electron chi connectivity index (χ3n) is 2.26. The maximum absolute atomic E-state index is 13.2. The van der Waals surface area contributed by atoms with Crippen LogP contribution in [0, 0.1) is 17.5 Å². The van der Waals surface area contributed by atoms with Crippen LogP contribution in [0.4, 0.5) is 23.7 Å². The minimum Gasteiger partial charge on any atom is -0.480 e. The van der Waals surface area contributed by atoms with E-state index in [1.807, 2.05) is 5.32 Å². The first-order valence-corrected chi connectivity index (χ1v) is 5.30. The number of carbonyl (C=O) groups excluding carboxylic acids is 1. The second-order valence-corrected chi connectivity index (χ2v) is 3.64. The number of carboxylic acid groups (broad SMARTS) is 1. The summed E-state index contributed by atoms with van der Waals surface area (Å²) in [6, 6.07) is -1.49. The standard InChI is InChI=1S/C11H11F3N2O3/c1-2-8(10(17)18)15-11(19)16-9-6(13)3-5(12)4-7(9)14/h3-4,8H,2H2,1H3,(H,17,18)(H2,15,16,19)/t8-/m0/s1. The molecular formula is C11H11F3N2O3. The number of amides is 2. The Bertz CT molecular complexity index is 485. The lowest BCUT2D eigenvalue weighted by molar-refractivity contribution is -0.139. The van der Waals surface area contributed by atoms with Gasteiger partial charge in [0, 0.05) is 12.1 Å². The Morgan fingerprint density at radius 3 is 2.21 bits per heavy atom. The fourth-order valence-electron chi connectivity index (χ4n) is 1.31. The second kappa shape index (κ2) is 6.07. The number of urea groups is 1. The van der Waals surface area contributed by atoms with Crippen LogP contribution < -0.4 is 10.6 Å². The molecule has 0 radical (unpaired) electrons. The zero-order valence-corrected chi connectivity index (χ0v) is 9.84. The smallest absolute Gasteiger partial charge is 0.326 e. The van der Waals surface area contributed by atoms with Gasteiger partial charge in [0.05, 0.1) is 0 Å². The lowest BCUT2D eigenvalue weighted by Crippen LogP contribution is -2.42. The fraction of sp³-hybridized carbons (Fsp3) is 0.273. The molecule has 2 amide bonds. The molecule has 0 saturated carbocycles. The molecule has 104 valence electrons. The fourth-order valence-corrected chi connectivity index (χ4v) is 1.31. The minimum atomic E-state index is -1.30. The highest BCUT2D eigenvalue weighted by atomic mass is 19.1. The van der Waals surface area contributed by atoms with Crippen LogP contribution in [0.5, 0.6) is 0 Å². The predicted molar refractivity (Wildman–Crippen MR) is 60.2 cm³/mol. The van der Waals surface area contributed by atoms with Gasteiger partial charge < -0.3 is 15.7 Å². The number of anilines is 1. The monoisotopic (exact) mass is 276 g/mol. The summed E-state index contributed by atoms with van der Waals surface area (Å²) in [5, 5.41) is 12.5. The van der Waals surface area contributed by atoms with E-state index in [0.717, 1.165) is 0 Å². The summed E-state index contributed by atoms with van der Waals surface area (Å²) < 4.78 is 39.1. The first-order valence-electron chi connectivity index (χ1n) is 5.30. The summed E-state index contributed by atoms with van der Waals surface area (Å²) in [7, 11) is 0. The van der Waals surface area contributed by atoms with Crippen molar-refractivity contribution < 1.29 is 27.9 Å². The molecule has 1 aromatic rings. The topological polar surface area (TPSA) is 78.4 Å². The van der Waals surface area contributed by atoms with Crippen molar-refractivity contribution in [3.8, 4) is 0 Å². The van der Waals surface area contributed by atoms with Gasteiger partial charge in [-0.2, -0.15) is 0 Å². The molecule has 3 N–H and O–H groups in total. The Hall–Kier alpha value is -2.25. The SMILES string of the molecule is CC[C@H](NC(=O)Nc1c(F)cc(F)cc1F)C(=O)O. The van der Waals surface area contributed by atoms with Crippen LogP contribution >= 0.6 is 0 Å². The van der Waals surface area contributed by atoms with E-state index in [-0.39, 0.29) is 6.42 Å². The molecule has 1 aromatic carbocycles. The maximum Gasteiger partial charge on any atom is 0.326 e. The van der Waals surface area contributed by atoms with Crippen molar-refractivity contribution in [2.24, 2.45) is 0 Å². The Morgan fingerprint density at radius 1 is 1.26 bits per heavy atom. The number of aliphatic carboxylic acids is 1. The molecule has 0 heterocycles. The van der Waals surface area contributed by atoms with Gasteiger partial charge in [0.1, 0.15) is 17.5 Å². The van der Waals surface area contributed by atoms with Crippen molar-refractivity contribution in [1.29, 1.82) is 0 Å². The predicted octanol–water partition coefficient (Wildman–Crippen LogP) is 2.09. The number of halogens is 3. The summed E-state index contributed by atoms with van der Waals surface area (Å²) >= 11 is 0. The normalized spacial score (nSPS) is 11.8. The third-order valence-corrected chi connectivity index (χ3v) is 2.26. The molecule has 1 atom stereocenters. The van der Waals surface area contributed by atoms with E-state index >= 15 is 0 Å². The summed E-state index contributed by atoms with van der Waals surface area (Å²) in [5.74, 6) is -5.00. The van der Waals surface area contributed by atoms with Crippen molar-refractivity contribution in [3.05, 3.63) is 29.6 Å². The molecule has 0 fully saturated rings. The first-order chi connectivity index (χ1) is 8.85. The number of nitrogens with one attached hydrogen (secondary N) is 2. The highest BCUT2D eigenvalue weighted by Crippen LogP contribution is 2.19. The number of rotatable bonds is 4. The van der Waals surface area contributed by atoms with Gasteiger partial charge in [0.25, 0.3) is 0 Å². The number of benzene rings is 1. The Morgan fingerprint density at radius 2 is 1.79 bits per heavy atom. The Balaban J connectivity index is 2.80. The first kappa shape index (κ1) is 14.8. The van der Waals surface area contributed by atoms with Gasteiger partial charge in [0.2, 0.25) is 0 Å². The Labute approximate surface area is 106 Å². The summed E-state index contributed by atoms with van der Waals surface area (Å²) in [6.45, 7) is 1.51. The second-order valence-electron chi connectivity index (χ2n) is 3.64. The van der Waals surface area contributed by atoms with Crippen molar-refractivity contribution >= 4 is 17.7 Å². The van der Waals surface area contributed by atoms with Gasteiger partial charge in [0.15, 0.2) is 11.6 Å². The van der Waals surface area contributed by atoms with E-state index in [1.54, 1.807) is 5.32 Å². The minimum absolute atomic E-state index is 0.0944. The number of carbonyl (C=O) groups is 2. The Kier molecular flexibility index (Phi) is 4.74. The van der Waals surface area contributed by atoms with E-state index in [2.05, 4.69) is 0 Å². The molecule has 0 aliphatic rings. The molecule has 0 spiro atoms. The average Bonchev–Trinajstić information content (AvgIpc) is 2.30. The zero-order valence-electron chi connectivity index (χ0n) is 9.84. The molecule has 0 saturated heterocycles. The van der Waals surface area contributed by atoms with E-state index < -0.39 is 41.2 Å². The molecule has 19 heavy (non-hydrogen) atoms. The quantitative estimate of drug-likeness (QED) is 0.788. The van der Waals surface area contributed by atoms with Crippen LogP contribution in [-0.4, -0.2) is 23.1 Å². The van der Waals surface area contributed by atoms with Crippen LogP contribution in [0.25, 0.3) is 0 Å². The molecule has 1 rings (SSSR count). The van der Waals surface area contributed by atoms with E-state index in [0.29, 0.717) is 12.1 Å². The van der Waals surface area contributed by atoms with E-state index in [4.69, 9.17) is 5.11 Å². The van der Waals surface area contributed by atoms with Crippen molar-refractivity contribution in [1.82, 2.24) is 5.32 Å². The molecule has 0 aliphatic carbocycles. The van der Waals surface area contributed by atoms with Gasteiger partial charge in [-0.15, -0.1) is 0 Å². The van der Waals surface area contributed by atoms with Crippen LogP contribution in [0.2, 0.25) is 0 Å². The largest absolute Gasteiger partial charge is 0.480 e. The number of carboxylic acids is 1. The third kappa shape index (κ3) is 3.87. The average molecular weight is 276 g/mol. The van der Waals surface area contributed by atoms with E-state index in [1.165, 1.54) is 6.92 Å². The molecule has 0 aliphatic heterocycles. The summed E-state index contributed by atoms with van der Waals surface area (Å²) in [5.41, 5.74) is -0.848. The van der Waals surface area contributed by atoms with E-state index in [9.17, 15) is 22.8 Å². The number of hydrogen-bond donors (Lipinski definition) is 3.